The molecule has 0 aromatic rings. The number of ether oxygens (including phenoxy) is 1. The first-order chi connectivity index (χ1) is 3.80. The molecule has 1 saturated heterocycles. The minimum Gasteiger partial charge on any atom is -0.360 e. The Hall–Kier alpha value is -0.770. The van der Waals surface area contributed by atoms with Crippen LogP contribution in [0.15, 0.2) is 0 Å². The summed E-state index contributed by atoms with van der Waals surface area (Å²) in [6.07, 6.45) is 0. The second-order valence-electron chi connectivity index (χ2n) is 1.55. The zero-order chi connectivity index (χ0) is 5.98. The number of hydrogen-bond donors (Lipinski definition) is 0. The highest BCUT2D eigenvalue weighted by Gasteiger charge is 2.26. The molecule has 0 atom stereocenters. The molecule has 0 unspecified atom stereocenters. The van der Waals surface area contributed by atoms with Crippen LogP contribution in [0.1, 0.15) is 0 Å². The number of carbonyl (C=O) groups excluding carboxylic acids is 1. The van der Waals surface area contributed by atoms with E-state index in [1.165, 1.54) is 0 Å². The molecule has 1 heterocycles. The number of nitroso groups, excluding NO2 is 1. The second-order valence-corrected chi connectivity index (χ2v) is 1.55. The Morgan fingerprint density at radius 1 is 1.62 bits per heavy atom. The molecule has 0 aromatic heterocycles. The number of rotatable bonds is 0. The quantitative estimate of drug-likeness (QED) is 0.394. The van der Waals surface area contributed by atoms with Crippen LogP contribution >= 0.6 is 0 Å². The third kappa shape index (κ3) is 0.894. The average molecular weight is 116 g/mol. The van der Waals surface area contributed by atoms with E-state index in [4.69, 9.17) is 0 Å². The Bertz CT molecular complexity index is 115. The molecule has 0 N–H and O–H groups in total. The Morgan fingerprint density at radius 2 is 2.38 bits per heavy atom. The first kappa shape index (κ1) is 5.37. The zero-order valence-corrected chi connectivity index (χ0v) is 4.29. The molecule has 4 nitrogen and oxygen atoms in total. The molecule has 0 saturated carbocycles. The van der Waals surface area contributed by atoms with Crippen LogP contribution in [-0.2, 0) is 9.53 Å². The SMILES string of the molecule is O=C1COCC[N+]1=O. The Morgan fingerprint density at radius 3 is 2.75 bits per heavy atom. The van der Waals surface area contributed by atoms with Gasteiger partial charge in [0.2, 0.25) is 6.54 Å². The van der Waals surface area contributed by atoms with E-state index in [1.807, 2.05) is 0 Å². The van der Waals surface area contributed by atoms with Gasteiger partial charge in [-0.05, 0) is 0 Å². The van der Waals surface area contributed by atoms with Gasteiger partial charge >= 0.3 is 5.91 Å². The molecule has 1 aliphatic rings. The van der Waals surface area contributed by atoms with Gasteiger partial charge in [0.25, 0.3) is 0 Å². The van der Waals surface area contributed by atoms with Crippen molar-refractivity contribution in [3.8, 4) is 0 Å². The third-order valence-corrected chi connectivity index (χ3v) is 0.942. The maximum absolute atomic E-state index is 10.3. The smallest absolute Gasteiger partial charge is 0.360 e. The summed E-state index contributed by atoms with van der Waals surface area (Å²) in [6, 6.07) is 0. The van der Waals surface area contributed by atoms with Crippen LogP contribution < -0.4 is 0 Å². The topological polar surface area (TPSA) is 46.4 Å². The largest absolute Gasteiger partial charge is 0.458 e. The van der Waals surface area contributed by atoms with Crippen molar-refractivity contribution in [2.24, 2.45) is 0 Å². The number of morpholine rings is 1. The Kier molecular flexibility index (Phi) is 1.34. The molecule has 4 heteroatoms. The van der Waals surface area contributed by atoms with Crippen molar-refractivity contribution in [2.45, 2.75) is 0 Å². The molecular formula is C4H6NO3+. The molecule has 0 aromatic carbocycles. The van der Waals surface area contributed by atoms with Crippen LogP contribution in [0.5, 0.6) is 0 Å². The minimum absolute atomic E-state index is 0.0521. The summed E-state index contributed by atoms with van der Waals surface area (Å²) in [5, 5.41) is 0. The van der Waals surface area contributed by atoms with E-state index < -0.39 is 5.91 Å². The fraction of sp³-hybridized carbons (Fsp3) is 0.750. The van der Waals surface area contributed by atoms with Crippen LogP contribution in [0.4, 0.5) is 0 Å². The van der Waals surface area contributed by atoms with Gasteiger partial charge in [0, 0.05) is 4.91 Å². The van der Waals surface area contributed by atoms with Crippen molar-refractivity contribution in [2.75, 3.05) is 19.8 Å². The first-order valence-corrected chi connectivity index (χ1v) is 2.36. The number of amides is 1. The Balaban J connectivity index is 2.52. The first-order valence-electron chi connectivity index (χ1n) is 2.36. The molecule has 0 radical (unpaired) electrons. The lowest BCUT2D eigenvalue weighted by molar-refractivity contribution is -0.486. The summed E-state index contributed by atoms with van der Waals surface area (Å²) in [7, 11) is 0. The Labute approximate surface area is 46.0 Å². The van der Waals surface area contributed by atoms with E-state index in [-0.39, 0.29) is 13.2 Å². The van der Waals surface area contributed by atoms with E-state index in [0.717, 1.165) is 0 Å². The highest BCUT2D eigenvalue weighted by Crippen LogP contribution is 1.88. The predicted molar refractivity (Wildman–Crippen MR) is 24.3 cm³/mol. The summed E-state index contributed by atoms with van der Waals surface area (Å²) < 4.78 is 5.08. The van der Waals surface area contributed by atoms with Crippen LogP contribution in [-0.4, -0.2) is 30.4 Å². The fourth-order valence-corrected chi connectivity index (χ4v) is 0.504. The average Bonchev–Trinajstić information content (AvgIpc) is 1.77. The van der Waals surface area contributed by atoms with Crippen molar-refractivity contribution < 1.29 is 14.3 Å². The highest BCUT2D eigenvalue weighted by atomic mass is 16.5. The third-order valence-electron chi connectivity index (χ3n) is 0.942. The van der Waals surface area contributed by atoms with Crippen LogP contribution in [0.25, 0.3) is 0 Å². The van der Waals surface area contributed by atoms with Gasteiger partial charge in [-0.3, -0.25) is 0 Å². The maximum atomic E-state index is 10.3. The normalized spacial score (nSPS) is 21.5. The predicted octanol–water partition coefficient (Wildman–Crippen LogP) is -0.678. The van der Waals surface area contributed by atoms with Gasteiger partial charge in [-0.25, -0.2) is 4.79 Å². The summed E-state index contributed by atoms with van der Waals surface area (Å²) in [4.78, 5) is 20.6. The monoisotopic (exact) mass is 116 g/mol. The van der Waals surface area contributed by atoms with E-state index in [0.29, 0.717) is 11.4 Å². The van der Waals surface area contributed by atoms with Crippen LogP contribution in [0.2, 0.25) is 0 Å². The van der Waals surface area contributed by atoms with E-state index in [2.05, 4.69) is 4.74 Å². The molecule has 1 aliphatic heterocycles. The number of carbonyl (C=O) groups is 1. The second kappa shape index (κ2) is 2.00. The minimum atomic E-state index is -0.476. The van der Waals surface area contributed by atoms with Gasteiger partial charge in [-0.1, -0.05) is 0 Å². The maximum Gasteiger partial charge on any atom is 0.458 e. The standard InChI is InChI=1S/C4H6NO3/c6-4-3-8-2-1-5(4)7/h1-3H2/q+1. The van der Waals surface area contributed by atoms with E-state index >= 15 is 0 Å². The lowest BCUT2D eigenvalue weighted by Crippen LogP contribution is -2.32. The number of hydrogen-bond acceptors (Lipinski definition) is 3. The summed E-state index contributed by atoms with van der Waals surface area (Å²) in [5.74, 6) is -0.476. The molecule has 1 amide bonds. The van der Waals surface area contributed by atoms with Crippen molar-refractivity contribution >= 4 is 5.91 Å². The number of nitrogens with zero attached hydrogens (tertiary/aromatic N) is 1. The van der Waals surface area contributed by atoms with E-state index in [1.54, 1.807) is 0 Å². The lowest BCUT2D eigenvalue weighted by Gasteiger charge is -1.99. The molecular weight excluding hydrogens is 110 g/mol. The van der Waals surface area contributed by atoms with Gasteiger partial charge in [0.05, 0.1) is 4.76 Å². The zero-order valence-electron chi connectivity index (χ0n) is 4.29. The van der Waals surface area contributed by atoms with Gasteiger partial charge in [0.1, 0.15) is 6.61 Å². The molecule has 0 spiro atoms. The van der Waals surface area contributed by atoms with Gasteiger partial charge in [-0.15, -0.1) is 0 Å². The van der Waals surface area contributed by atoms with Crippen molar-refractivity contribution in [1.29, 1.82) is 0 Å². The van der Waals surface area contributed by atoms with Gasteiger partial charge < -0.3 is 4.74 Å². The summed E-state index contributed by atoms with van der Waals surface area (Å²) in [5.41, 5.74) is 0. The van der Waals surface area contributed by atoms with Crippen molar-refractivity contribution in [1.82, 2.24) is 0 Å². The fourth-order valence-electron chi connectivity index (χ4n) is 0.504. The van der Waals surface area contributed by atoms with Crippen molar-refractivity contribution in [3.05, 3.63) is 4.91 Å². The van der Waals surface area contributed by atoms with Crippen molar-refractivity contribution in [3.63, 3.8) is 0 Å². The molecule has 1 fully saturated rings. The van der Waals surface area contributed by atoms with Crippen LogP contribution in [0, 0.1) is 4.91 Å². The highest BCUT2D eigenvalue weighted by molar-refractivity contribution is 5.68. The lowest BCUT2D eigenvalue weighted by atomic mass is 10.5. The summed E-state index contributed by atoms with van der Waals surface area (Å²) >= 11 is 0. The van der Waals surface area contributed by atoms with Gasteiger partial charge in [0.15, 0.2) is 6.61 Å². The molecule has 0 bridgehead atoms. The molecule has 8 heavy (non-hydrogen) atoms. The molecule has 44 valence electrons. The summed E-state index contributed by atoms with van der Waals surface area (Å²) in [6.45, 7) is 0.498. The molecule has 0 aliphatic carbocycles. The van der Waals surface area contributed by atoms with Gasteiger partial charge in [-0.2, -0.15) is 0 Å². The molecule has 1 rings (SSSR count). The van der Waals surface area contributed by atoms with E-state index in [9.17, 15) is 9.70 Å². The van der Waals surface area contributed by atoms with Crippen LogP contribution in [0.3, 0.4) is 0 Å².